The van der Waals surface area contributed by atoms with Crippen LogP contribution in [0.1, 0.15) is 16.7 Å². The molecule has 1 heterocycles. The maximum atomic E-state index is 12.7. The van der Waals surface area contributed by atoms with Crippen LogP contribution in [0.5, 0.6) is 0 Å². The fourth-order valence-corrected chi connectivity index (χ4v) is 4.56. The van der Waals surface area contributed by atoms with Crippen molar-refractivity contribution in [3.63, 3.8) is 0 Å². The highest BCUT2D eigenvalue weighted by molar-refractivity contribution is 9.10. The minimum absolute atomic E-state index is 0.0470. The second kappa shape index (κ2) is 9.94. The molecule has 156 valence electrons. The third kappa shape index (κ3) is 5.62. The predicted molar refractivity (Wildman–Crippen MR) is 127 cm³/mol. The first-order chi connectivity index (χ1) is 15.1. The quantitative estimate of drug-likeness (QED) is 0.357. The first kappa shape index (κ1) is 21.3. The molecule has 0 aliphatic carbocycles. The third-order valence-corrected chi connectivity index (χ3v) is 6.16. The zero-order valence-corrected chi connectivity index (χ0v) is 19.4. The maximum Gasteiger partial charge on any atom is 0.228 e. The van der Waals surface area contributed by atoms with E-state index in [0.717, 1.165) is 32.4 Å². The van der Waals surface area contributed by atoms with Crippen LogP contribution in [0.25, 0.3) is 0 Å². The number of aryl methyl sites for hydroxylation is 1. The van der Waals surface area contributed by atoms with Gasteiger partial charge in [0.25, 0.3) is 0 Å². The summed E-state index contributed by atoms with van der Waals surface area (Å²) in [5.41, 5.74) is 4.04. The summed E-state index contributed by atoms with van der Waals surface area (Å²) in [5, 5.41) is 8.27. The van der Waals surface area contributed by atoms with Crippen molar-refractivity contribution >= 4 is 39.3 Å². The van der Waals surface area contributed by atoms with E-state index >= 15 is 0 Å². The van der Waals surface area contributed by atoms with Crippen molar-refractivity contribution in [3.8, 4) is 0 Å². The molecule has 0 saturated heterocycles. The van der Waals surface area contributed by atoms with Gasteiger partial charge in [-0.1, -0.05) is 66.7 Å². The van der Waals surface area contributed by atoms with Gasteiger partial charge < -0.3 is 5.32 Å². The highest BCUT2D eigenvalue weighted by Crippen LogP contribution is 2.33. The number of carbonyl (C=O) groups excluding carboxylic acids is 1. The van der Waals surface area contributed by atoms with E-state index in [9.17, 15) is 4.79 Å². The smallest absolute Gasteiger partial charge is 0.228 e. The van der Waals surface area contributed by atoms with Crippen LogP contribution in [-0.4, -0.2) is 20.7 Å². The number of anilines is 1. The molecule has 0 aliphatic heterocycles. The second-order valence-electron chi connectivity index (χ2n) is 7.06. The maximum absolute atomic E-state index is 12.7. The Bertz CT molecular complexity index is 1190. The fourth-order valence-electron chi connectivity index (χ4n) is 3.17. The van der Waals surface area contributed by atoms with E-state index in [0.29, 0.717) is 17.7 Å². The van der Waals surface area contributed by atoms with E-state index in [1.54, 1.807) is 0 Å². The van der Waals surface area contributed by atoms with Crippen molar-refractivity contribution in [2.24, 2.45) is 0 Å². The van der Waals surface area contributed by atoms with Crippen LogP contribution in [0.15, 0.2) is 93.6 Å². The molecule has 5 nitrogen and oxygen atoms in total. The van der Waals surface area contributed by atoms with Crippen molar-refractivity contribution in [2.45, 2.75) is 29.9 Å². The summed E-state index contributed by atoms with van der Waals surface area (Å²) in [6.45, 7) is 2.63. The third-order valence-electron chi connectivity index (χ3n) is 4.76. The fraction of sp³-hybridized carbons (Fsp3) is 0.125. The second-order valence-corrected chi connectivity index (χ2v) is 8.77. The Morgan fingerprint density at radius 1 is 1.00 bits per heavy atom. The number of hydrogen-bond donors (Lipinski definition) is 1. The predicted octanol–water partition coefficient (Wildman–Crippen LogP) is 5.73. The van der Waals surface area contributed by atoms with Gasteiger partial charge in [-0.25, -0.2) is 4.68 Å². The van der Waals surface area contributed by atoms with Crippen LogP contribution in [0.2, 0.25) is 0 Å². The zero-order chi connectivity index (χ0) is 21.6. The minimum atomic E-state index is -0.0470. The zero-order valence-electron chi connectivity index (χ0n) is 17.0. The van der Waals surface area contributed by atoms with E-state index in [4.69, 9.17) is 0 Å². The molecule has 0 radical (unpaired) electrons. The summed E-state index contributed by atoms with van der Waals surface area (Å²) < 4.78 is 2.39. The lowest BCUT2D eigenvalue weighted by Crippen LogP contribution is -2.15. The Labute approximate surface area is 194 Å². The highest BCUT2D eigenvalue weighted by atomic mass is 79.9. The molecule has 3 aromatic carbocycles. The molecule has 1 N–H and O–H groups in total. The van der Waals surface area contributed by atoms with E-state index < -0.39 is 0 Å². The van der Waals surface area contributed by atoms with Gasteiger partial charge in [0.2, 0.25) is 10.6 Å². The normalized spacial score (nSPS) is 10.8. The van der Waals surface area contributed by atoms with Crippen molar-refractivity contribution in [1.29, 1.82) is 0 Å². The Hall–Kier alpha value is -2.90. The van der Waals surface area contributed by atoms with Crippen molar-refractivity contribution in [2.75, 3.05) is 5.32 Å². The Morgan fingerprint density at radius 2 is 1.71 bits per heavy atom. The summed E-state index contributed by atoms with van der Waals surface area (Å²) in [5.74, 6) is -0.0470. The molecule has 31 heavy (non-hydrogen) atoms. The number of carbonyl (C=O) groups is 1. The number of nitrogens with one attached hydrogen (secondary N) is 1. The molecule has 4 aromatic rings. The molecule has 0 atom stereocenters. The van der Waals surface area contributed by atoms with Crippen LogP contribution < -0.4 is 5.32 Å². The number of amides is 1. The van der Waals surface area contributed by atoms with Crippen molar-refractivity contribution in [3.05, 3.63) is 100 Å². The van der Waals surface area contributed by atoms with E-state index in [1.165, 1.54) is 11.8 Å². The molecule has 7 heteroatoms. The van der Waals surface area contributed by atoms with Gasteiger partial charge in [-0.3, -0.25) is 4.79 Å². The van der Waals surface area contributed by atoms with E-state index in [2.05, 4.69) is 43.5 Å². The van der Waals surface area contributed by atoms with Crippen LogP contribution in [0, 0.1) is 6.92 Å². The van der Waals surface area contributed by atoms with Gasteiger partial charge in [0, 0.05) is 4.90 Å². The van der Waals surface area contributed by atoms with Gasteiger partial charge in [-0.15, -0.1) is 5.10 Å². The van der Waals surface area contributed by atoms with Gasteiger partial charge in [0.1, 0.15) is 0 Å². The average molecular weight is 493 g/mol. The summed E-state index contributed by atoms with van der Waals surface area (Å²) in [6.07, 6.45) is 0.335. The number of rotatable bonds is 7. The molecule has 0 aliphatic rings. The van der Waals surface area contributed by atoms with Crippen LogP contribution in [0.4, 0.5) is 5.69 Å². The molecular formula is C24H21BrN4OS. The first-order valence-electron chi connectivity index (χ1n) is 9.84. The summed E-state index contributed by atoms with van der Waals surface area (Å²) in [4.78, 5) is 18.1. The Morgan fingerprint density at radius 3 is 2.52 bits per heavy atom. The molecule has 0 fully saturated rings. The molecule has 4 rings (SSSR count). The average Bonchev–Trinajstić information content (AvgIpc) is 3.10. The molecule has 0 saturated carbocycles. The van der Waals surface area contributed by atoms with Crippen LogP contribution in [0.3, 0.4) is 0 Å². The number of aromatic nitrogens is 3. The lowest BCUT2D eigenvalue weighted by Gasteiger charge is -2.12. The molecular weight excluding hydrogens is 472 g/mol. The summed E-state index contributed by atoms with van der Waals surface area (Å²) >= 11 is 4.86. The molecule has 0 bridgehead atoms. The molecule has 1 amide bonds. The number of halogens is 1. The SMILES string of the molecule is Cc1ccccc1CC(=O)Nc1ccccc1Sc1nc(Br)nn1Cc1ccccc1. The number of hydrogen-bond acceptors (Lipinski definition) is 4. The lowest BCUT2D eigenvalue weighted by atomic mass is 10.1. The van der Waals surface area contributed by atoms with Gasteiger partial charge in [0.15, 0.2) is 5.16 Å². The Kier molecular flexibility index (Phi) is 6.84. The Balaban J connectivity index is 1.52. The van der Waals surface area contributed by atoms with Crippen LogP contribution >= 0.6 is 27.7 Å². The number of para-hydroxylation sites is 1. The molecule has 0 spiro atoms. The van der Waals surface area contributed by atoms with Gasteiger partial charge in [-0.2, -0.15) is 4.98 Å². The standard InChI is InChI=1S/C24H21BrN4OS/c1-17-9-5-6-12-19(17)15-22(30)26-20-13-7-8-14-21(20)31-24-27-23(25)28-29(24)16-18-10-3-2-4-11-18/h2-14H,15-16H2,1H3,(H,26,30). The molecule has 1 aromatic heterocycles. The lowest BCUT2D eigenvalue weighted by molar-refractivity contribution is -0.115. The van der Waals surface area contributed by atoms with E-state index in [-0.39, 0.29) is 5.91 Å². The molecule has 0 unspecified atom stereocenters. The summed E-state index contributed by atoms with van der Waals surface area (Å²) in [6, 6.07) is 25.8. The number of nitrogens with zero attached hydrogens (tertiary/aromatic N) is 3. The number of benzene rings is 3. The van der Waals surface area contributed by atoms with Gasteiger partial charge >= 0.3 is 0 Å². The monoisotopic (exact) mass is 492 g/mol. The van der Waals surface area contributed by atoms with E-state index in [1.807, 2.05) is 78.3 Å². The van der Waals surface area contributed by atoms with Gasteiger partial charge in [0.05, 0.1) is 18.7 Å². The first-order valence-corrected chi connectivity index (χ1v) is 11.4. The largest absolute Gasteiger partial charge is 0.325 e. The van der Waals surface area contributed by atoms with Crippen molar-refractivity contribution < 1.29 is 4.79 Å². The van der Waals surface area contributed by atoms with Gasteiger partial charge in [-0.05, 0) is 63.4 Å². The minimum Gasteiger partial charge on any atom is -0.325 e. The summed E-state index contributed by atoms with van der Waals surface area (Å²) in [7, 11) is 0. The van der Waals surface area contributed by atoms with Crippen molar-refractivity contribution in [1.82, 2.24) is 14.8 Å². The highest BCUT2D eigenvalue weighted by Gasteiger charge is 2.14. The van der Waals surface area contributed by atoms with Crippen LogP contribution in [-0.2, 0) is 17.8 Å². The topological polar surface area (TPSA) is 59.8 Å².